The first kappa shape index (κ1) is 26.9. The van der Waals surface area contributed by atoms with Gasteiger partial charge in [0.05, 0.1) is 37.2 Å². The van der Waals surface area contributed by atoms with Gasteiger partial charge in [-0.05, 0) is 24.3 Å². The second-order valence-electron chi connectivity index (χ2n) is 8.38. The lowest BCUT2D eigenvalue weighted by Gasteiger charge is -2.24. The summed E-state index contributed by atoms with van der Waals surface area (Å²) in [6.45, 7) is 1.80. The number of nitrogens with one attached hydrogen (secondary N) is 3. The molecule has 0 saturated carbocycles. The van der Waals surface area contributed by atoms with Crippen LogP contribution in [0.2, 0.25) is 0 Å². The second-order valence-corrected chi connectivity index (χ2v) is 8.38. The molecule has 4 rings (SSSR count). The second kappa shape index (κ2) is 12.4. The quantitative estimate of drug-likeness (QED) is 0.428. The molecule has 2 saturated heterocycles. The van der Waals surface area contributed by atoms with Crippen molar-refractivity contribution in [2.24, 2.45) is 0 Å². The van der Waals surface area contributed by atoms with Crippen LogP contribution in [0.1, 0.15) is 5.56 Å². The van der Waals surface area contributed by atoms with E-state index in [4.69, 9.17) is 9.26 Å². The molecule has 15 heteroatoms. The summed E-state index contributed by atoms with van der Waals surface area (Å²) in [5, 5.41) is 10.1. The normalized spacial score (nSPS) is 17.2. The van der Waals surface area contributed by atoms with Crippen molar-refractivity contribution in [2.75, 3.05) is 55.6 Å². The molecule has 3 N–H and O–H groups in total. The summed E-state index contributed by atoms with van der Waals surface area (Å²) in [5.74, 6) is -2.01. The molecule has 1 aromatic carbocycles. The van der Waals surface area contributed by atoms with E-state index in [1.54, 1.807) is 23.2 Å². The SMILES string of the molecule is O=C(NC/C=C1/CN(c2ccc(N3CCNN(C(=O)CNCc4cnoc4)CC3)c(F)c2)C(=O)O1)C(F)F. The lowest BCUT2D eigenvalue weighted by Crippen LogP contribution is -2.47. The van der Waals surface area contributed by atoms with Gasteiger partial charge in [0.1, 0.15) is 17.8 Å². The molecule has 2 aromatic rings. The van der Waals surface area contributed by atoms with Crippen LogP contribution in [-0.4, -0.2) is 80.3 Å². The van der Waals surface area contributed by atoms with Gasteiger partial charge < -0.3 is 24.8 Å². The number of rotatable bonds is 9. The molecule has 2 aliphatic rings. The summed E-state index contributed by atoms with van der Waals surface area (Å²) in [4.78, 5) is 38.7. The molecule has 2 fully saturated rings. The first-order chi connectivity index (χ1) is 18.3. The Morgan fingerprint density at radius 2 is 2.08 bits per heavy atom. The number of hydrazine groups is 1. The number of nitrogens with zero attached hydrogens (tertiary/aromatic N) is 4. The summed E-state index contributed by atoms with van der Waals surface area (Å²) < 4.78 is 49.4. The maximum absolute atomic E-state index is 15.1. The summed E-state index contributed by atoms with van der Waals surface area (Å²) in [6.07, 6.45) is 0.443. The number of halogens is 3. The van der Waals surface area contributed by atoms with Gasteiger partial charge in [0.25, 0.3) is 11.8 Å². The van der Waals surface area contributed by atoms with E-state index in [1.807, 2.05) is 5.32 Å². The van der Waals surface area contributed by atoms with E-state index >= 15 is 4.39 Å². The predicted molar refractivity (Wildman–Crippen MR) is 127 cm³/mol. The van der Waals surface area contributed by atoms with Crippen molar-refractivity contribution in [1.29, 1.82) is 0 Å². The number of cyclic esters (lactones) is 1. The highest BCUT2D eigenvalue weighted by atomic mass is 19.3. The maximum atomic E-state index is 15.1. The Kier molecular flexibility index (Phi) is 8.81. The van der Waals surface area contributed by atoms with Crippen LogP contribution < -0.4 is 25.9 Å². The zero-order chi connectivity index (χ0) is 27.1. The topological polar surface area (TPSA) is 132 Å². The third-order valence-electron chi connectivity index (χ3n) is 5.81. The highest BCUT2D eigenvalue weighted by molar-refractivity contribution is 5.91. The molecule has 0 atom stereocenters. The molecule has 2 aliphatic heterocycles. The molecule has 0 spiro atoms. The minimum absolute atomic E-state index is 0.0436. The number of carbonyl (C=O) groups excluding carboxylic acids is 3. The van der Waals surface area contributed by atoms with Crippen molar-refractivity contribution in [3.63, 3.8) is 0 Å². The smallest absolute Gasteiger partial charge is 0.413 e. The van der Waals surface area contributed by atoms with Gasteiger partial charge in [0.2, 0.25) is 0 Å². The van der Waals surface area contributed by atoms with E-state index in [0.717, 1.165) is 5.56 Å². The van der Waals surface area contributed by atoms with Crippen LogP contribution in [0.25, 0.3) is 0 Å². The number of alkyl halides is 2. The minimum Gasteiger partial charge on any atom is -0.413 e. The van der Waals surface area contributed by atoms with Crippen molar-refractivity contribution in [2.45, 2.75) is 13.0 Å². The zero-order valence-corrected chi connectivity index (χ0v) is 20.2. The number of benzene rings is 1. The fourth-order valence-electron chi connectivity index (χ4n) is 3.89. The lowest BCUT2D eigenvalue weighted by atomic mass is 10.2. The number of carbonyl (C=O) groups is 3. The van der Waals surface area contributed by atoms with E-state index in [0.29, 0.717) is 38.4 Å². The van der Waals surface area contributed by atoms with Gasteiger partial charge in [0.15, 0.2) is 0 Å². The van der Waals surface area contributed by atoms with Crippen LogP contribution in [0.15, 0.2) is 47.0 Å². The van der Waals surface area contributed by atoms with Crippen LogP contribution in [0.5, 0.6) is 0 Å². The largest absolute Gasteiger partial charge is 0.419 e. The Hall–Kier alpha value is -4.11. The maximum Gasteiger partial charge on any atom is 0.419 e. The molecule has 38 heavy (non-hydrogen) atoms. The Bertz CT molecular complexity index is 1180. The van der Waals surface area contributed by atoms with Gasteiger partial charge >= 0.3 is 12.5 Å². The van der Waals surface area contributed by atoms with Crippen molar-refractivity contribution in [1.82, 2.24) is 26.2 Å². The number of ether oxygens (including phenoxy) is 1. The third-order valence-corrected chi connectivity index (χ3v) is 5.81. The first-order valence-electron chi connectivity index (χ1n) is 11.7. The number of hydrogen-bond acceptors (Lipinski definition) is 9. The minimum atomic E-state index is -3.14. The van der Waals surface area contributed by atoms with E-state index in [2.05, 4.69) is 15.9 Å². The number of anilines is 2. The molecular weight excluding hydrogens is 511 g/mol. The Balaban J connectivity index is 1.30. The third kappa shape index (κ3) is 6.80. The summed E-state index contributed by atoms with van der Waals surface area (Å²) in [7, 11) is 0. The van der Waals surface area contributed by atoms with E-state index in [9.17, 15) is 23.2 Å². The highest BCUT2D eigenvalue weighted by Gasteiger charge is 2.29. The molecular formula is C23H26F3N7O5. The highest BCUT2D eigenvalue weighted by Crippen LogP contribution is 2.29. The lowest BCUT2D eigenvalue weighted by molar-refractivity contribution is -0.133. The summed E-state index contributed by atoms with van der Waals surface area (Å²) in [6, 6.07) is 4.31. The molecule has 3 heterocycles. The average molecular weight is 537 g/mol. The molecule has 0 unspecified atom stereocenters. The zero-order valence-electron chi connectivity index (χ0n) is 20.2. The molecule has 0 bridgehead atoms. The predicted octanol–water partition coefficient (Wildman–Crippen LogP) is 0.978. The van der Waals surface area contributed by atoms with Crippen LogP contribution in [0.3, 0.4) is 0 Å². The number of hydrogen-bond donors (Lipinski definition) is 3. The van der Waals surface area contributed by atoms with Crippen LogP contribution in [0.4, 0.5) is 29.3 Å². The standard InChI is InChI=1S/C23H26F3N7O5/c24-18-9-16(32-13-17(38-23(32)36)3-4-28-22(35)21(25)26)1-2-19(18)31-6-5-29-33(8-7-31)20(34)12-27-10-15-11-30-37-14-15/h1-3,9,11,14,21,27,29H,4-8,10,12-13H2,(H,28,35)/b17-3-. The Morgan fingerprint density at radius 3 is 2.82 bits per heavy atom. The van der Waals surface area contributed by atoms with Gasteiger partial charge in [-0.25, -0.2) is 14.6 Å². The van der Waals surface area contributed by atoms with Gasteiger partial charge in [-0.2, -0.15) is 8.78 Å². The number of amides is 3. The molecule has 3 amide bonds. The Labute approximate surface area is 215 Å². The first-order valence-corrected chi connectivity index (χ1v) is 11.7. The van der Waals surface area contributed by atoms with Crippen molar-refractivity contribution >= 4 is 29.3 Å². The fraction of sp³-hybridized carbons (Fsp3) is 0.391. The van der Waals surface area contributed by atoms with E-state index < -0.39 is 24.2 Å². The van der Waals surface area contributed by atoms with Gasteiger partial charge in [-0.3, -0.25) is 19.5 Å². The average Bonchev–Trinajstić information content (AvgIpc) is 3.46. The van der Waals surface area contributed by atoms with Crippen LogP contribution in [0, 0.1) is 5.82 Å². The van der Waals surface area contributed by atoms with Gasteiger partial charge in [-0.15, -0.1) is 0 Å². The van der Waals surface area contributed by atoms with Crippen molar-refractivity contribution in [3.8, 4) is 0 Å². The molecule has 12 nitrogen and oxygen atoms in total. The Morgan fingerprint density at radius 1 is 1.24 bits per heavy atom. The van der Waals surface area contributed by atoms with E-state index in [-0.39, 0.29) is 37.0 Å². The van der Waals surface area contributed by atoms with E-state index in [1.165, 1.54) is 28.3 Å². The van der Waals surface area contributed by atoms with Crippen molar-refractivity contribution < 1.29 is 36.8 Å². The number of aromatic nitrogens is 1. The molecule has 0 radical (unpaired) electrons. The summed E-state index contributed by atoms with van der Waals surface area (Å²) in [5.41, 5.74) is 4.43. The van der Waals surface area contributed by atoms with Crippen molar-refractivity contribution in [3.05, 3.63) is 53.9 Å². The molecule has 204 valence electrons. The molecule has 0 aliphatic carbocycles. The van der Waals surface area contributed by atoms with Gasteiger partial charge in [-0.1, -0.05) is 5.16 Å². The fourth-order valence-corrected chi connectivity index (χ4v) is 3.89. The summed E-state index contributed by atoms with van der Waals surface area (Å²) >= 11 is 0. The molecule has 1 aromatic heterocycles. The van der Waals surface area contributed by atoms with Crippen LogP contribution in [-0.2, 0) is 20.9 Å². The van der Waals surface area contributed by atoms with Crippen LogP contribution >= 0.6 is 0 Å². The van der Waals surface area contributed by atoms with Gasteiger partial charge in [0, 0.05) is 38.3 Å². The monoisotopic (exact) mass is 537 g/mol.